The van der Waals surface area contributed by atoms with Crippen molar-refractivity contribution in [3.63, 3.8) is 0 Å². The monoisotopic (exact) mass is 896 g/mol. The lowest BCUT2D eigenvalue weighted by Crippen LogP contribution is -2.00. The quantitative estimate of drug-likeness (QED) is 0.165. The van der Waals surface area contributed by atoms with E-state index in [1.165, 1.54) is 21.9 Å². The molecule has 0 spiro atoms. The molecule has 0 radical (unpaired) electrons. The van der Waals surface area contributed by atoms with Gasteiger partial charge in [-0.25, -0.2) is 15.0 Å². The summed E-state index contributed by atoms with van der Waals surface area (Å²) in [5, 5.41) is 8.48. The van der Waals surface area contributed by atoms with Crippen LogP contribution >= 0.6 is 0 Å². The number of hydrogen-bond acceptors (Lipinski definition) is 6. The molecule has 5 heterocycles. The van der Waals surface area contributed by atoms with Crippen molar-refractivity contribution < 1.29 is 13.3 Å². The fourth-order valence-electron chi connectivity index (χ4n) is 10.6. The van der Waals surface area contributed by atoms with E-state index in [0.717, 1.165) is 110 Å². The van der Waals surface area contributed by atoms with Crippen molar-refractivity contribution in [1.29, 1.82) is 0 Å². The molecular weight excluding hydrogens is 861 g/mol. The zero-order chi connectivity index (χ0) is 45.9. The van der Waals surface area contributed by atoms with E-state index >= 15 is 0 Å². The van der Waals surface area contributed by atoms with Crippen LogP contribution in [0.2, 0.25) is 0 Å². The Bertz CT molecular complexity index is 4480. The van der Waals surface area contributed by atoms with Gasteiger partial charge >= 0.3 is 0 Å². The molecule has 0 saturated carbocycles. The van der Waals surface area contributed by atoms with Crippen molar-refractivity contribution in [2.24, 2.45) is 0 Å². The summed E-state index contributed by atoms with van der Waals surface area (Å²) in [7, 11) is 0. The van der Waals surface area contributed by atoms with Crippen LogP contribution in [0, 0.1) is 0 Å². The highest BCUT2D eigenvalue weighted by atomic mass is 16.3. The molecule has 0 aliphatic carbocycles. The van der Waals surface area contributed by atoms with Crippen LogP contribution in [-0.4, -0.2) is 19.5 Å². The summed E-state index contributed by atoms with van der Waals surface area (Å²) in [6.07, 6.45) is 0. The Kier molecular flexibility index (Phi) is 8.23. The van der Waals surface area contributed by atoms with Crippen molar-refractivity contribution >= 4 is 87.6 Å². The van der Waals surface area contributed by atoms with E-state index in [1.54, 1.807) is 0 Å². The maximum absolute atomic E-state index is 6.61. The predicted octanol–water partition coefficient (Wildman–Crippen LogP) is 17.0. The molecule has 10 aromatic carbocycles. The summed E-state index contributed by atoms with van der Waals surface area (Å²) < 4.78 is 21.7. The fraction of sp³-hybridized carbons (Fsp3) is 0. The SMILES string of the molecule is c1ccc(-c2cccc(-n3c4ccccc4c4cc(-c5ccc6oc7cccc(-c8nc(-c9ccc%10c(c9)oc9ccccc9%10)nc(-c9ccc%10c(c9)oc9ccccc9%10)n8)c7c6c5)ccc43)c2)cc1. The lowest BCUT2D eigenvalue weighted by atomic mass is 9.99. The zero-order valence-corrected chi connectivity index (χ0v) is 37.3. The largest absolute Gasteiger partial charge is 0.456 e. The second kappa shape index (κ2) is 15.0. The molecule has 5 aromatic heterocycles. The third kappa shape index (κ3) is 5.98. The summed E-state index contributed by atoms with van der Waals surface area (Å²) in [5.41, 5.74) is 15.2. The first-order chi connectivity index (χ1) is 34.6. The van der Waals surface area contributed by atoms with Gasteiger partial charge in [0.1, 0.15) is 33.5 Å². The van der Waals surface area contributed by atoms with Crippen molar-refractivity contribution in [2.75, 3.05) is 0 Å². The first-order valence-electron chi connectivity index (χ1n) is 23.4. The average molecular weight is 897 g/mol. The van der Waals surface area contributed by atoms with Gasteiger partial charge in [-0.05, 0) is 107 Å². The molecule has 0 amide bonds. The van der Waals surface area contributed by atoms with Crippen molar-refractivity contribution in [3.05, 3.63) is 218 Å². The minimum Gasteiger partial charge on any atom is -0.456 e. The first-order valence-corrected chi connectivity index (χ1v) is 23.4. The van der Waals surface area contributed by atoms with Gasteiger partial charge in [-0.1, -0.05) is 133 Å². The molecule has 0 atom stereocenters. The molecule has 0 fully saturated rings. The Balaban J connectivity index is 0.891. The van der Waals surface area contributed by atoms with Crippen LogP contribution < -0.4 is 0 Å². The van der Waals surface area contributed by atoms with Crippen LogP contribution in [0.15, 0.2) is 232 Å². The second-order valence-electron chi connectivity index (χ2n) is 17.9. The van der Waals surface area contributed by atoms with Crippen molar-refractivity contribution in [1.82, 2.24) is 19.5 Å². The standard InChI is InChI=1S/C63H36N4O3/c1-2-12-37(13-3-1)38-14-10-15-43(32-38)67-52-20-7-4-16-44(52)50-33-39(26-30-53(50)67)40-27-31-56-51(34-40)60-49(19-11-23-57(60)68-56)63-65-61(41-24-28-47-45-17-5-8-21-54(45)69-58(47)35-41)64-62(66-63)42-25-29-48-46-18-6-9-22-55(46)70-59(48)36-42/h1-36H. The predicted molar refractivity (Wildman–Crippen MR) is 283 cm³/mol. The number of para-hydroxylation sites is 3. The molecule has 0 saturated heterocycles. The van der Waals surface area contributed by atoms with Crippen LogP contribution in [0.5, 0.6) is 0 Å². The Labute approximate surface area is 399 Å². The van der Waals surface area contributed by atoms with Gasteiger partial charge in [0, 0.05) is 65.5 Å². The normalized spacial score (nSPS) is 12.0. The lowest BCUT2D eigenvalue weighted by Gasteiger charge is -2.11. The summed E-state index contributed by atoms with van der Waals surface area (Å²) in [6, 6.07) is 75.9. The minimum absolute atomic E-state index is 0.525. The van der Waals surface area contributed by atoms with Gasteiger partial charge in [0.15, 0.2) is 17.5 Å². The average Bonchev–Trinajstić information content (AvgIpc) is 4.19. The number of hydrogen-bond donors (Lipinski definition) is 0. The van der Waals surface area contributed by atoms with Crippen LogP contribution in [0.4, 0.5) is 0 Å². The third-order valence-corrected chi connectivity index (χ3v) is 13.9. The van der Waals surface area contributed by atoms with Crippen molar-refractivity contribution in [3.8, 4) is 62.1 Å². The first kappa shape index (κ1) is 38.5. The van der Waals surface area contributed by atoms with E-state index in [9.17, 15) is 0 Å². The number of aromatic nitrogens is 4. The number of furan rings is 3. The molecule has 0 bridgehead atoms. The molecule has 0 aliphatic rings. The molecule has 0 aliphatic heterocycles. The second-order valence-corrected chi connectivity index (χ2v) is 17.9. The van der Waals surface area contributed by atoms with Crippen LogP contribution in [0.1, 0.15) is 0 Å². The van der Waals surface area contributed by atoms with E-state index in [1.807, 2.05) is 60.7 Å². The highest BCUT2D eigenvalue weighted by Crippen LogP contribution is 2.42. The number of fused-ring (bicyclic) bond motifs is 12. The Morgan fingerprint density at radius 3 is 1.50 bits per heavy atom. The molecule has 0 unspecified atom stereocenters. The maximum atomic E-state index is 6.61. The summed E-state index contributed by atoms with van der Waals surface area (Å²) in [4.78, 5) is 15.7. The highest BCUT2D eigenvalue weighted by molar-refractivity contribution is 6.14. The van der Waals surface area contributed by atoms with Crippen molar-refractivity contribution in [2.45, 2.75) is 0 Å². The van der Waals surface area contributed by atoms with Gasteiger partial charge in [-0.3, -0.25) is 0 Å². The van der Waals surface area contributed by atoms with E-state index in [0.29, 0.717) is 17.5 Å². The van der Waals surface area contributed by atoms with Gasteiger partial charge in [0.2, 0.25) is 0 Å². The molecule has 15 aromatic rings. The topological polar surface area (TPSA) is 83.0 Å². The Hall–Kier alpha value is -9.59. The summed E-state index contributed by atoms with van der Waals surface area (Å²) >= 11 is 0. The number of rotatable bonds is 6. The third-order valence-electron chi connectivity index (χ3n) is 13.9. The van der Waals surface area contributed by atoms with E-state index in [-0.39, 0.29) is 0 Å². The van der Waals surface area contributed by atoms with Gasteiger partial charge in [0.05, 0.1) is 11.0 Å². The zero-order valence-electron chi connectivity index (χ0n) is 37.3. The van der Waals surface area contributed by atoms with Crippen LogP contribution in [0.25, 0.3) is 150 Å². The van der Waals surface area contributed by atoms with Gasteiger partial charge in [-0.15, -0.1) is 0 Å². The maximum Gasteiger partial charge on any atom is 0.164 e. The summed E-state index contributed by atoms with van der Waals surface area (Å²) in [5.74, 6) is 1.58. The summed E-state index contributed by atoms with van der Waals surface area (Å²) in [6.45, 7) is 0. The minimum atomic E-state index is 0.525. The van der Waals surface area contributed by atoms with Crippen LogP contribution in [-0.2, 0) is 0 Å². The lowest BCUT2D eigenvalue weighted by molar-refractivity contribution is 0.668. The molecule has 326 valence electrons. The molecule has 15 rings (SSSR count). The molecule has 0 N–H and O–H groups in total. The van der Waals surface area contributed by atoms with Gasteiger partial charge in [0.25, 0.3) is 0 Å². The smallest absolute Gasteiger partial charge is 0.164 e. The van der Waals surface area contributed by atoms with E-state index in [2.05, 4.69) is 162 Å². The van der Waals surface area contributed by atoms with Crippen LogP contribution in [0.3, 0.4) is 0 Å². The molecule has 7 nitrogen and oxygen atoms in total. The van der Waals surface area contributed by atoms with Gasteiger partial charge < -0.3 is 17.8 Å². The number of nitrogens with zero attached hydrogens (tertiary/aromatic N) is 4. The highest BCUT2D eigenvalue weighted by Gasteiger charge is 2.21. The van der Waals surface area contributed by atoms with E-state index in [4.69, 9.17) is 28.2 Å². The molecule has 70 heavy (non-hydrogen) atoms. The van der Waals surface area contributed by atoms with E-state index < -0.39 is 0 Å². The van der Waals surface area contributed by atoms with Gasteiger partial charge in [-0.2, -0.15) is 0 Å². The Morgan fingerprint density at radius 1 is 0.271 bits per heavy atom. The molecular formula is C63H36N4O3. The number of benzene rings is 10. The Morgan fingerprint density at radius 2 is 0.771 bits per heavy atom. The fourth-order valence-corrected chi connectivity index (χ4v) is 10.6. The molecule has 7 heteroatoms.